The lowest BCUT2D eigenvalue weighted by Gasteiger charge is -2.19. The van der Waals surface area contributed by atoms with Crippen molar-refractivity contribution in [3.8, 4) is 0 Å². The Balaban J connectivity index is 1.84. The molecule has 1 aromatic rings. The molecule has 2 unspecified atom stereocenters. The summed E-state index contributed by atoms with van der Waals surface area (Å²) in [6, 6.07) is 6.93. The number of hydrogen-bond donors (Lipinski definition) is 2. The van der Waals surface area contributed by atoms with E-state index in [4.69, 9.17) is 4.74 Å². The van der Waals surface area contributed by atoms with Crippen LogP contribution in [0.2, 0.25) is 0 Å². The number of nitrogens with one attached hydrogen (secondary N) is 2. The van der Waals surface area contributed by atoms with E-state index in [1.165, 1.54) is 5.56 Å². The standard InChI is InChI=1S/C19H28N2O3/c1-13(17(22)20-12-16-6-5-11-24-16)21-18(23)14-7-9-15(10-8-14)19(2,3)4/h7-10,13,16H,5-6,11-12H2,1-4H3,(H,20,22)(H,21,23). The Morgan fingerprint density at radius 2 is 1.92 bits per heavy atom. The molecule has 5 heteroatoms. The highest BCUT2D eigenvalue weighted by atomic mass is 16.5. The van der Waals surface area contributed by atoms with Crippen molar-refractivity contribution in [1.82, 2.24) is 10.6 Å². The smallest absolute Gasteiger partial charge is 0.251 e. The predicted molar refractivity (Wildman–Crippen MR) is 94.1 cm³/mol. The summed E-state index contributed by atoms with van der Waals surface area (Å²) in [6.07, 6.45) is 2.11. The Labute approximate surface area is 144 Å². The van der Waals surface area contributed by atoms with Gasteiger partial charge < -0.3 is 15.4 Å². The van der Waals surface area contributed by atoms with Crippen LogP contribution in [0.15, 0.2) is 24.3 Å². The summed E-state index contributed by atoms with van der Waals surface area (Å²) in [6.45, 7) is 9.33. The highest BCUT2D eigenvalue weighted by Gasteiger charge is 2.20. The van der Waals surface area contributed by atoms with E-state index >= 15 is 0 Å². The average molecular weight is 332 g/mol. The number of carbonyl (C=O) groups is 2. The lowest BCUT2D eigenvalue weighted by atomic mass is 9.86. The number of rotatable bonds is 5. The summed E-state index contributed by atoms with van der Waals surface area (Å²) in [4.78, 5) is 24.3. The van der Waals surface area contributed by atoms with Crippen molar-refractivity contribution in [3.05, 3.63) is 35.4 Å². The van der Waals surface area contributed by atoms with E-state index in [9.17, 15) is 9.59 Å². The first-order valence-electron chi connectivity index (χ1n) is 8.58. The van der Waals surface area contributed by atoms with Crippen LogP contribution in [0.5, 0.6) is 0 Å². The molecule has 2 rings (SSSR count). The molecule has 1 saturated heterocycles. The van der Waals surface area contributed by atoms with Crippen molar-refractivity contribution in [1.29, 1.82) is 0 Å². The van der Waals surface area contributed by atoms with Crippen LogP contribution in [0.1, 0.15) is 56.5 Å². The van der Waals surface area contributed by atoms with Gasteiger partial charge in [0.1, 0.15) is 6.04 Å². The SMILES string of the molecule is CC(NC(=O)c1ccc(C(C)(C)C)cc1)C(=O)NCC1CCCO1. The summed E-state index contributed by atoms with van der Waals surface area (Å²) in [7, 11) is 0. The van der Waals surface area contributed by atoms with Crippen molar-refractivity contribution >= 4 is 11.8 Å². The number of benzene rings is 1. The van der Waals surface area contributed by atoms with Crippen molar-refractivity contribution in [2.24, 2.45) is 0 Å². The fourth-order valence-corrected chi connectivity index (χ4v) is 2.64. The molecule has 0 bridgehead atoms. The Kier molecular flexibility index (Phi) is 5.99. The van der Waals surface area contributed by atoms with Crippen molar-refractivity contribution < 1.29 is 14.3 Å². The molecule has 5 nitrogen and oxygen atoms in total. The van der Waals surface area contributed by atoms with E-state index in [1.54, 1.807) is 19.1 Å². The molecule has 2 amide bonds. The summed E-state index contributed by atoms with van der Waals surface area (Å²) in [5.41, 5.74) is 1.77. The highest BCUT2D eigenvalue weighted by molar-refractivity contribution is 5.97. The van der Waals surface area contributed by atoms with Gasteiger partial charge in [-0.05, 0) is 42.9 Å². The Bertz CT molecular complexity index is 569. The van der Waals surface area contributed by atoms with Crippen LogP contribution in [-0.4, -0.2) is 37.1 Å². The minimum atomic E-state index is -0.582. The Morgan fingerprint density at radius 3 is 2.46 bits per heavy atom. The number of amides is 2. The van der Waals surface area contributed by atoms with Gasteiger partial charge in [0.05, 0.1) is 6.10 Å². The summed E-state index contributed by atoms with van der Waals surface area (Å²) in [5.74, 6) is -0.430. The average Bonchev–Trinajstić information content (AvgIpc) is 3.05. The largest absolute Gasteiger partial charge is 0.376 e. The molecule has 1 aliphatic rings. The van der Waals surface area contributed by atoms with Crippen molar-refractivity contribution in [3.63, 3.8) is 0 Å². The van der Waals surface area contributed by atoms with E-state index in [1.807, 2.05) is 12.1 Å². The molecule has 0 aromatic heterocycles. The van der Waals surface area contributed by atoms with Gasteiger partial charge in [0, 0.05) is 18.7 Å². The fourth-order valence-electron chi connectivity index (χ4n) is 2.64. The first-order valence-corrected chi connectivity index (χ1v) is 8.58. The molecule has 1 aliphatic heterocycles. The molecular weight excluding hydrogens is 304 g/mol. The monoisotopic (exact) mass is 332 g/mol. The number of carbonyl (C=O) groups excluding carboxylic acids is 2. The van der Waals surface area contributed by atoms with Gasteiger partial charge in [0.25, 0.3) is 5.91 Å². The second-order valence-corrected chi connectivity index (χ2v) is 7.40. The molecule has 0 saturated carbocycles. The topological polar surface area (TPSA) is 67.4 Å². The molecule has 1 fully saturated rings. The number of ether oxygens (including phenoxy) is 1. The van der Waals surface area contributed by atoms with Crippen LogP contribution in [-0.2, 0) is 14.9 Å². The van der Waals surface area contributed by atoms with E-state index in [0.717, 1.165) is 19.4 Å². The molecule has 2 N–H and O–H groups in total. The molecule has 1 heterocycles. The Morgan fingerprint density at radius 1 is 1.25 bits per heavy atom. The quantitative estimate of drug-likeness (QED) is 0.870. The molecule has 0 spiro atoms. The van der Waals surface area contributed by atoms with Crippen LogP contribution in [0.25, 0.3) is 0 Å². The highest BCUT2D eigenvalue weighted by Crippen LogP contribution is 2.22. The normalized spacial score (nSPS) is 18.9. The lowest BCUT2D eigenvalue weighted by molar-refractivity contribution is -0.123. The first kappa shape index (κ1) is 18.5. The molecule has 1 aromatic carbocycles. The van der Waals surface area contributed by atoms with E-state index in [-0.39, 0.29) is 23.3 Å². The van der Waals surface area contributed by atoms with Gasteiger partial charge in [-0.15, -0.1) is 0 Å². The van der Waals surface area contributed by atoms with Crippen LogP contribution in [0.4, 0.5) is 0 Å². The van der Waals surface area contributed by atoms with Crippen LogP contribution < -0.4 is 10.6 Å². The van der Waals surface area contributed by atoms with Crippen LogP contribution in [0, 0.1) is 0 Å². The first-order chi connectivity index (χ1) is 11.3. The molecule has 0 aliphatic carbocycles. The lowest BCUT2D eigenvalue weighted by Crippen LogP contribution is -2.46. The summed E-state index contributed by atoms with van der Waals surface area (Å²) >= 11 is 0. The van der Waals surface area contributed by atoms with Gasteiger partial charge in [-0.25, -0.2) is 0 Å². The second kappa shape index (κ2) is 7.79. The van der Waals surface area contributed by atoms with Gasteiger partial charge in [-0.2, -0.15) is 0 Å². The third-order valence-electron chi connectivity index (χ3n) is 4.28. The second-order valence-electron chi connectivity index (χ2n) is 7.40. The maximum Gasteiger partial charge on any atom is 0.251 e. The summed E-state index contributed by atoms with van der Waals surface area (Å²) < 4.78 is 5.47. The fraction of sp³-hybridized carbons (Fsp3) is 0.579. The zero-order chi connectivity index (χ0) is 17.7. The number of hydrogen-bond acceptors (Lipinski definition) is 3. The predicted octanol–water partition coefficient (Wildman–Crippen LogP) is 2.40. The van der Waals surface area contributed by atoms with Crippen LogP contribution in [0.3, 0.4) is 0 Å². The summed E-state index contributed by atoms with van der Waals surface area (Å²) in [5, 5.41) is 5.57. The zero-order valence-corrected chi connectivity index (χ0v) is 15.0. The van der Waals surface area contributed by atoms with Gasteiger partial charge in [-0.3, -0.25) is 9.59 Å². The third-order valence-corrected chi connectivity index (χ3v) is 4.28. The van der Waals surface area contributed by atoms with Crippen molar-refractivity contribution in [2.45, 2.75) is 58.1 Å². The Hall–Kier alpha value is -1.88. The minimum Gasteiger partial charge on any atom is -0.376 e. The van der Waals surface area contributed by atoms with Gasteiger partial charge in [0.15, 0.2) is 0 Å². The van der Waals surface area contributed by atoms with Gasteiger partial charge >= 0.3 is 0 Å². The minimum absolute atomic E-state index is 0.0461. The van der Waals surface area contributed by atoms with Crippen LogP contribution >= 0.6 is 0 Å². The molecule has 0 radical (unpaired) electrons. The van der Waals surface area contributed by atoms with E-state index < -0.39 is 6.04 Å². The van der Waals surface area contributed by atoms with Gasteiger partial charge in [0.2, 0.25) is 5.91 Å². The maximum atomic E-state index is 12.3. The van der Waals surface area contributed by atoms with Gasteiger partial charge in [-0.1, -0.05) is 32.9 Å². The molecule has 24 heavy (non-hydrogen) atoms. The maximum absolute atomic E-state index is 12.3. The molecule has 2 atom stereocenters. The van der Waals surface area contributed by atoms with E-state index in [0.29, 0.717) is 12.1 Å². The van der Waals surface area contributed by atoms with Crippen molar-refractivity contribution in [2.75, 3.05) is 13.2 Å². The molecular formula is C19H28N2O3. The third kappa shape index (κ3) is 5.06. The zero-order valence-electron chi connectivity index (χ0n) is 15.0. The molecule has 132 valence electrons. The van der Waals surface area contributed by atoms with E-state index in [2.05, 4.69) is 31.4 Å².